The average Bonchev–Trinajstić information content (AvgIpc) is 2.02. The van der Waals surface area contributed by atoms with Crippen molar-refractivity contribution in [1.82, 2.24) is 4.90 Å². The third-order valence-corrected chi connectivity index (χ3v) is 2.50. The number of nitrogens with zero attached hydrogens (tertiary/aromatic N) is 1. The van der Waals surface area contributed by atoms with E-state index in [2.05, 4.69) is 0 Å². The normalized spacial score (nSPS) is 15.8. The largest absolute Gasteiger partial charge is 0.481 e. The minimum Gasteiger partial charge on any atom is -0.481 e. The molecule has 1 unspecified atom stereocenters. The van der Waals surface area contributed by atoms with Crippen molar-refractivity contribution in [2.75, 3.05) is 27.8 Å². The Kier molecular flexibility index (Phi) is 4.95. The van der Waals surface area contributed by atoms with E-state index in [0.717, 1.165) is 6.42 Å². The van der Waals surface area contributed by atoms with E-state index in [1.54, 1.807) is 7.11 Å². The van der Waals surface area contributed by atoms with Crippen LogP contribution in [0.15, 0.2) is 0 Å². The molecule has 78 valence electrons. The van der Waals surface area contributed by atoms with E-state index in [9.17, 15) is 4.79 Å². The van der Waals surface area contributed by atoms with E-state index < -0.39 is 5.97 Å². The van der Waals surface area contributed by atoms with E-state index in [1.165, 1.54) is 0 Å². The summed E-state index contributed by atoms with van der Waals surface area (Å²) in [6.07, 6.45) is 0.879. The van der Waals surface area contributed by atoms with Crippen LogP contribution in [0.5, 0.6) is 0 Å². The van der Waals surface area contributed by atoms with Crippen LogP contribution in [-0.4, -0.2) is 49.3 Å². The maximum Gasteiger partial charge on any atom is 0.305 e. The number of rotatable bonds is 6. The number of aliphatic carboxylic acids is 1. The Hall–Kier alpha value is -0.610. The van der Waals surface area contributed by atoms with Crippen molar-refractivity contribution in [3.63, 3.8) is 0 Å². The number of carbonyl (C=O) groups is 1. The molecule has 0 aliphatic rings. The standard InChI is InChI=1S/C9H19NO3/c1-5-9(7-13-4,10(2)3)6-8(11)12/h5-7H2,1-4H3,(H,11,12). The Labute approximate surface area is 79.5 Å². The quantitative estimate of drug-likeness (QED) is 0.672. The number of hydrogen-bond acceptors (Lipinski definition) is 3. The zero-order valence-electron chi connectivity index (χ0n) is 8.83. The molecule has 0 bridgehead atoms. The van der Waals surface area contributed by atoms with Crippen LogP contribution in [0.3, 0.4) is 0 Å². The summed E-state index contributed by atoms with van der Waals surface area (Å²) >= 11 is 0. The first-order valence-electron chi connectivity index (χ1n) is 4.36. The van der Waals surface area contributed by atoms with Crippen LogP contribution in [0.2, 0.25) is 0 Å². The van der Waals surface area contributed by atoms with Crippen molar-refractivity contribution < 1.29 is 14.6 Å². The number of likely N-dealkylation sites (N-methyl/N-ethyl adjacent to an activating group) is 1. The van der Waals surface area contributed by atoms with Gasteiger partial charge in [0.15, 0.2) is 0 Å². The highest BCUT2D eigenvalue weighted by molar-refractivity contribution is 5.68. The summed E-state index contributed by atoms with van der Waals surface area (Å²) in [5.41, 5.74) is -0.374. The summed E-state index contributed by atoms with van der Waals surface area (Å²) in [7, 11) is 5.35. The lowest BCUT2D eigenvalue weighted by molar-refractivity contribution is -0.141. The molecule has 1 atom stereocenters. The molecule has 0 aliphatic heterocycles. The lowest BCUT2D eigenvalue weighted by atomic mass is 9.91. The van der Waals surface area contributed by atoms with Gasteiger partial charge in [0, 0.05) is 7.11 Å². The van der Waals surface area contributed by atoms with Crippen molar-refractivity contribution in [1.29, 1.82) is 0 Å². The van der Waals surface area contributed by atoms with Crippen molar-refractivity contribution in [3.05, 3.63) is 0 Å². The number of methoxy groups -OCH3 is 1. The van der Waals surface area contributed by atoms with Gasteiger partial charge < -0.3 is 14.7 Å². The minimum atomic E-state index is -0.785. The van der Waals surface area contributed by atoms with Crippen molar-refractivity contribution >= 4 is 5.97 Å². The van der Waals surface area contributed by atoms with Gasteiger partial charge >= 0.3 is 5.97 Å². The second-order valence-electron chi connectivity index (χ2n) is 3.48. The van der Waals surface area contributed by atoms with E-state index in [0.29, 0.717) is 6.61 Å². The van der Waals surface area contributed by atoms with Gasteiger partial charge in [-0.05, 0) is 20.5 Å². The summed E-state index contributed by atoms with van der Waals surface area (Å²) in [6.45, 7) is 2.42. The Bertz CT molecular complexity index is 170. The maximum atomic E-state index is 10.7. The van der Waals surface area contributed by atoms with Gasteiger partial charge in [0.05, 0.1) is 18.6 Å². The molecule has 4 heteroatoms. The fourth-order valence-corrected chi connectivity index (χ4v) is 1.43. The molecule has 0 spiro atoms. The summed E-state index contributed by atoms with van der Waals surface area (Å²) in [5, 5.41) is 8.77. The first-order chi connectivity index (χ1) is 5.98. The van der Waals surface area contributed by atoms with Crippen molar-refractivity contribution in [3.8, 4) is 0 Å². The van der Waals surface area contributed by atoms with Crippen molar-refractivity contribution in [2.24, 2.45) is 0 Å². The fourth-order valence-electron chi connectivity index (χ4n) is 1.43. The van der Waals surface area contributed by atoms with Crippen LogP contribution in [0.25, 0.3) is 0 Å². The number of carboxylic acid groups (broad SMARTS) is 1. The topological polar surface area (TPSA) is 49.8 Å². The molecule has 0 rings (SSSR count). The second-order valence-corrected chi connectivity index (χ2v) is 3.48. The molecule has 0 fully saturated rings. The van der Waals surface area contributed by atoms with Crippen molar-refractivity contribution in [2.45, 2.75) is 25.3 Å². The van der Waals surface area contributed by atoms with Gasteiger partial charge in [-0.25, -0.2) is 0 Å². The molecule has 0 aliphatic carbocycles. The Morgan fingerprint density at radius 1 is 1.54 bits per heavy atom. The Morgan fingerprint density at radius 2 is 2.08 bits per heavy atom. The third kappa shape index (κ3) is 3.32. The molecular weight excluding hydrogens is 170 g/mol. The summed E-state index contributed by atoms with van der Waals surface area (Å²) in [6, 6.07) is 0. The van der Waals surface area contributed by atoms with E-state index in [-0.39, 0.29) is 12.0 Å². The van der Waals surface area contributed by atoms with Gasteiger partial charge in [-0.15, -0.1) is 0 Å². The van der Waals surface area contributed by atoms with E-state index in [1.807, 2.05) is 25.9 Å². The van der Waals surface area contributed by atoms with Gasteiger partial charge in [0.2, 0.25) is 0 Å². The molecule has 0 amide bonds. The van der Waals surface area contributed by atoms with Gasteiger partial charge in [0.1, 0.15) is 0 Å². The van der Waals surface area contributed by atoms with Crippen LogP contribution in [0, 0.1) is 0 Å². The molecule has 1 N–H and O–H groups in total. The van der Waals surface area contributed by atoms with Gasteiger partial charge in [0.25, 0.3) is 0 Å². The number of hydrogen-bond donors (Lipinski definition) is 1. The number of carboxylic acids is 1. The highest BCUT2D eigenvalue weighted by Gasteiger charge is 2.33. The predicted octanol–water partition coefficient (Wildman–Crippen LogP) is 0.818. The fraction of sp³-hybridized carbons (Fsp3) is 0.889. The second kappa shape index (κ2) is 5.19. The first kappa shape index (κ1) is 12.4. The highest BCUT2D eigenvalue weighted by atomic mass is 16.5. The van der Waals surface area contributed by atoms with Crippen LogP contribution < -0.4 is 0 Å². The lowest BCUT2D eigenvalue weighted by Crippen LogP contribution is -2.49. The molecule has 0 aromatic carbocycles. The summed E-state index contributed by atoms with van der Waals surface area (Å²) in [5.74, 6) is -0.785. The molecule has 0 aromatic heterocycles. The van der Waals surface area contributed by atoms with E-state index >= 15 is 0 Å². The zero-order valence-corrected chi connectivity index (χ0v) is 8.83. The summed E-state index contributed by atoms with van der Waals surface area (Å²) in [4.78, 5) is 12.6. The van der Waals surface area contributed by atoms with Crippen LogP contribution >= 0.6 is 0 Å². The molecule has 0 saturated heterocycles. The highest BCUT2D eigenvalue weighted by Crippen LogP contribution is 2.21. The molecule has 0 aromatic rings. The van der Waals surface area contributed by atoms with Crippen LogP contribution in [0.1, 0.15) is 19.8 Å². The van der Waals surface area contributed by atoms with Gasteiger partial charge in [-0.1, -0.05) is 6.92 Å². The Balaban J connectivity index is 4.53. The molecule has 0 saturated carbocycles. The molecule has 0 heterocycles. The predicted molar refractivity (Wildman–Crippen MR) is 50.8 cm³/mol. The molecule has 4 nitrogen and oxygen atoms in total. The first-order valence-corrected chi connectivity index (χ1v) is 4.36. The average molecular weight is 189 g/mol. The molecular formula is C9H19NO3. The zero-order chi connectivity index (χ0) is 10.5. The number of ether oxygens (including phenoxy) is 1. The van der Waals surface area contributed by atoms with Crippen LogP contribution in [-0.2, 0) is 9.53 Å². The van der Waals surface area contributed by atoms with Crippen LogP contribution in [0.4, 0.5) is 0 Å². The smallest absolute Gasteiger partial charge is 0.305 e. The monoisotopic (exact) mass is 189 g/mol. The third-order valence-electron chi connectivity index (χ3n) is 2.50. The minimum absolute atomic E-state index is 0.115. The Morgan fingerprint density at radius 3 is 2.31 bits per heavy atom. The maximum absolute atomic E-state index is 10.7. The molecule has 13 heavy (non-hydrogen) atoms. The van der Waals surface area contributed by atoms with Gasteiger partial charge in [-0.2, -0.15) is 0 Å². The summed E-state index contributed by atoms with van der Waals surface area (Å²) < 4.78 is 5.06. The van der Waals surface area contributed by atoms with E-state index in [4.69, 9.17) is 9.84 Å². The SMILES string of the molecule is CCC(COC)(CC(=O)O)N(C)C. The lowest BCUT2D eigenvalue weighted by Gasteiger charge is -2.37. The van der Waals surface area contributed by atoms with Gasteiger partial charge in [-0.3, -0.25) is 4.79 Å². The molecule has 0 radical (unpaired) electrons.